The Bertz CT molecular complexity index is 686. The second kappa shape index (κ2) is 4.02. The monoisotopic (exact) mass is 246 g/mol. The van der Waals surface area contributed by atoms with Crippen molar-refractivity contribution < 1.29 is 4.39 Å². The zero-order valence-corrected chi connectivity index (χ0v) is 9.37. The Balaban J connectivity index is 1.81. The molecule has 0 aliphatic carbocycles. The number of anilines is 2. The zero-order chi connectivity index (χ0) is 12.5. The number of aromatic amines is 2. The van der Waals surface area contributed by atoms with Crippen molar-refractivity contribution >= 4 is 22.8 Å². The molecule has 0 unspecified atom stereocenters. The van der Waals surface area contributed by atoms with Gasteiger partial charge < -0.3 is 16.0 Å². The molecule has 0 radical (unpaired) electrons. The summed E-state index contributed by atoms with van der Waals surface area (Å²) in [6.45, 7) is 0.491. The van der Waals surface area contributed by atoms with E-state index in [9.17, 15) is 4.39 Å². The van der Waals surface area contributed by atoms with Crippen molar-refractivity contribution in [2.45, 2.75) is 6.54 Å². The van der Waals surface area contributed by atoms with E-state index in [1.165, 1.54) is 12.1 Å². The second-order valence-electron chi connectivity index (χ2n) is 3.91. The molecule has 2 aromatic heterocycles. The molecule has 0 saturated heterocycles. The Morgan fingerprint density at radius 2 is 2.28 bits per heavy atom. The Labute approximate surface area is 101 Å². The number of aromatic nitrogens is 4. The Morgan fingerprint density at radius 1 is 1.39 bits per heavy atom. The number of hydrogen-bond acceptors (Lipinski definition) is 4. The highest BCUT2D eigenvalue weighted by Gasteiger charge is 2.05. The van der Waals surface area contributed by atoms with Crippen LogP contribution in [0.15, 0.2) is 24.4 Å². The number of benzene rings is 1. The quantitative estimate of drug-likeness (QED) is 0.564. The van der Waals surface area contributed by atoms with E-state index in [0.29, 0.717) is 29.3 Å². The number of rotatable bonds is 3. The van der Waals surface area contributed by atoms with Crippen LogP contribution in [-0.2, 0) is 6.54 Å². The van der Waals surface area contributed by atoms with Crippen LogP contribution in [-0.4, -0.2) is 20.2 Å². The molecule has 3 aromatic rings. The molecule has 18 heavy (non-hydrogen) atoms. The van der Waals surface area contributed by atoms with Gasteiger partial charge >= 0.3 is 0 Å². The van der Waals surface area contributed by atoms with Gasteiger partial charge in [-0.3, -0.25) is 5.10 Å². The Morgan fingerprint density at radius 3 is 3.06 bits per heavy atom. The smallest absolute Gasteiger partial charge is 0.201 e. The lowest BCUT2D eigenvalue weighted by Crippen LogP contribution is -2.02. The molecule has 7 heteroatoms. The Hall–Kier alpha value is -2.57. The summed E-state index contributed by atoms with van der Waals surface area (Å²) in [5.74, 6) is 0.789. The predicted molar refractivity (Wildman–Crippen MR) is 66.4 cm³/mol. The second-order valence-corrected chi connectivity index (χ2v) is 3.91. The molecule has 1 aromatic carbocycles. The van der Waals surface area contributed by atoms with Crippen LogP contribution in [0.5, 0.6) is 0 Å². The molecule has 2 heterocycles. The van der Waals surface area contributed by atoms with Gasteiger partial charge in [-0.15, -0.1) is 0 Å². The largest absolute Gasteiger partial charge is 0.384 e. The maximum Gasteiger partial charge on any atom is 0.201 e. The molecule has 0 bridgehead atoms. The summed E-state index contributed by atoms with van der Waals surface area (Å²) in [6.07, 6.45) is 1.64. The first-order valence-electron chi connectivity index (χ1n) is 5.39. The summed E-state index contributed by atoms with van der Waals surface area (Å²) in [7, 11) is 0. The third kappa shape index (κ3) is 1.86. The fourth-order valence-corrected chi connectivity index (χ4v) is 1.71. The van der Waals surface area contributed by atoms with E-state index in [-0.39, 0.29) is 5.82 Å². The van der Waals surface area contributed by atoms with Crippen LogP contribution in [0.25, 0.3) is 11.0 Å². The van der Waals surface area contributed by atoms with Crippen LogP contribution in [0, 0.1) is 5.82 Å². The molecule has 6 nitrogen and oxygen atoms in total. The lowest BCUT2D eigenvalue weighted by atomic mass is 10.3. The minimum Gasteiger partial charge on any atom is -0.384 e. The molecule has 0 saturated carbocycles. The van der Waals surface area contributed by atoms with Gasteiger partial charge in [-0.25, -0.2) is 9.37 Å². The van der Waals surface area contributed by atoms with E-state index in [2.05, 4.69) is 25.5 Å². The van der Waals surface area contributed by atoms with Gasteiger partial charge in [0.1, 0.15) is 11.6 Å². The minimum absolute atomic E-state index is 0.295. The fraction of sp³-hybridized carbons (Fsp3) is 0.0909. The first kappa shape index (κ1) is 10.6. The molecular weight excluding hydrogens is 235 g/mol. The minimum atomic E-state index is -0.295. The molecule has 0 atom stereocenters. The maximum atomic E-state index is 13.0. The maximum absolute atomic E-state index is 13.0. The standard InChI is InChI=1S/C11H11FN6/c12-7-1-2-8-9(3-7)17-11(16-8)14-4-6-5-15-18-10(6)13/h1-3,5H,4H2,(H3,13,15,18)(H2,14,16,17). The highest BCUT2D eigenvalue weighted by Crippen LogP contribution is 2.16. The van der Waals surface area contributed by atoms with Gasteiger partial charge in [0, 0.05) is 12.1 Å². The van der Waals surface area contributed by atoms with Crippen molar-refractivity contribution in [2.24, 2.45) is 0 Å². The van der Waals surface area contributed by atoms with Crippen LogP contribution in [0.4, 0.5) is 16.2 Å². The summed E-state index contributed by atoms with van der Waals surface area (Å²) in [6, 6.07) is 4.40. The van der Waals surface area contributed by atoms with Crippen molar-refractivity contribution in [3.05, 3.63) is 35.8 Å². The van der Waals surface area contributed by atoms with Crippen molar-refractivity contribution in [2.75, 3.05) is 11.1 Å². The lowest BCUT2D eigenvalue weighted by Gasteiger charge is -2.00. The molecule has 3 rings (SSSR count). The van der Waals surface area contributed by atoms with Crippen LogP contribution >= 0.6 is 0 Å². The predicted octanol–water partition coefficient (Wildman–Crippen LogP) is 1.62. The van der Waals surface area contributed by atoms with Gasteiger partial charge in [-0.05, 0) is 18.2 Å². The van der Waals surface area contributed by atoms with E-state index >= 15 is 0 Å². The van der Waals surface area contributed by atoms with Gasteiger partial charge in [-0.2, -0.15) is 5.10 Å². The molecule has 0 fully saturated rings. The molecule has 0 aliphatic rings. The topological polar surface area (TPSA) is 95.4 Å². The summed E-state index contributed by atoms with van der Waals surface area (Å²) < 4.78 is 13.0. The number of nitrogens with one attached hydrogen (secondary N) is 3. The van der Waals surface area contributed by atoms with Gasteiger partial charge in [0.05, 0.1) is 17.2 Å². The average molecular weight is 246 g/mol. The summed E-state index contributed by atoms with van der Waals surface area (Å²) in [5.41, 5.74) is 7.87. The number of nitrogen functional groups attached to an aromatic ring is 1. The SMILES string of the molecule is Nc1[nH]ncc1CNc1nc2ccc(F)cc2[nH]1. The molecule has 0 amide bonds. The summed E-state index contributed by atoms with van der Waals surface area (Å²) in [5, 5.41) is 9.53. The van der Waals surface area contributed by atoms with Gasteiger partial charge in [0.2, 0.25) is 5.95 Å². The van der Waals surface area contributed by atoms with Gasteiger partial charge in [0.25, 0.3) is 0 Å². The van der Waals surface area contributed by atoms with Crippen LogP contribution in [0.1, 0.15) is 5.56 Å². The molecular formula is C11H11FN6. The number of halogens is 1. The number of fused-ring (bicyclic) bond motifs is 1. The van der Waals surface area contributed by atoms with Crippen molar-refractivity contribution in [3.8, 4) is 0 Å². The number of nitrogens with zero attached hydrogens (tertiary/aromatic N) is 2. The van der Waals surface area contributed by atoms with Crippen LogP contribution < -0.4 is 11.1 Å². The van der Waals surface area contributed by atoms with E-state index in [1.54, 1.807) is 12.3 Å². The average Bonchev–Trinajstić information content (AvgIpc) is 2.92. The van der Waals surface area contributed by atoms with Gasteiger partial charge in [-0.1, -0.05) is 0 Å². The fourth-order valence-electron chi connectivity index (χ4n) is 1.71. The van der Waals surface area contributed by atoms with E-state index in [0.717, 1.165) is 5.56 Å². The van der Waals surface area contributed by atoms with E-state index < -0.39 is 0 Å². The third-order valence-electron chi connectivity index (χ3n) is 2.64. The lowest BCUT2D eigenvalue weighted by molar-refractivity contribution is 0.629. The highest BCUT2D eigenvalue weighted by molar-refractivity contribution is 5.77. The summed E-state index contributed by atoms with van der Waals surface area (Å²) >= 11 is 0. The molecule has 92 valence electrons. The van der Waals surface area contributed by atoms with Crippen LogP contribution in [0.2, 0.25) is 0 Å². The Kier molecular flexibility index (Phi) is 2.36. The van der Waals surface area contributed by atoms with Gasteiger partial charge in [0.15, 0.2) is 0 Å². The van der Waals surface area contributed by atoms with Crippen molar-refractivity contribution in [3.63, 3.8) is 0 Å². The molecule has 0 aliphatic heterocycles. The van der Waals surface area contributed by atoms with E-state index in [1.807, 2.05) is 0 Å². The van der Waals surface area contributed by atoms with E-state index in [4.69, 9.17) is 5.73 Å². The number of H-pyrrole nitrogens is 2. The zero-order valence-electron chi connectivity index (χ0n) is 9.37. The molecule has 5 N–H and O–H groups in total. The van der Waals surface area contributed by atoms with Crippen molar-refractivity contribution in [1.29, 1.82) is 0 Å². The third-order valence-corrected chi connectivity index (χ3v) is 2.64. The number of nitrogens with two attached hydrogens (primary N) is 1. The van der Waals surface area contributed by atoms with Crippen LogP contribution in [0.3, 0.4) is 0 Å². The first-order chi connectivity index (χ1) is 8.72. The highest BCUT2D eigenvalue weighted by atomic mass is 19.1. The first-order valence-corrected chi connectivity index (χ1v) is 5.39. The molecule has 0 spiro atoms. The normalized spacial score (nSPS) is 10.9. The number of hydrogen-bond donors (Lipinski definition) is 4. The summed E-state index contributed by atoms with van der Waals surface area (Å²) in [4.78, 5) is 7.26. The number of imidazole rings is 1. The van der Waals surface area contributed by atoms with Crippen molar-refractivity contribution in [1.82, 2.24) is 20.2 Å².